The molecule has 2 saturated heterocycles. The SMILES string of the molecule is C[C@@H]1CN(C(=O)C2CC(=O)N(CC(F)(F)F)C2)CC(C(=O)O)O1. The van der Waals surface area contributed by atoms with Crippen LogP contribution in [0.15, 0.2) is 0 Å². The second kappa shape index (κ2) is 6.34. The fraction of sp³-hybridized carbons (Fsp3) is 0.769. The van der Waals surface area contributed by atoms with Crippen LogP contribution >= 0.6 is 0 Å². The first-order valence-electron chi connectivity index (χ1n) is 7.08. The quantitative estimate of drug-likeness (QED) is 0.789. The Balaban J connectivity index is 2.00. The highest BCUT2D eigenvalue weighted by Crippen LogP contribution is 2.26. The van der Waals surface area contributed by atoms with Gasteiger partial charge in [0, 0.05) is 19.5 Å². The van der Waals surface area contributed by atoms with Crippen molar-refractivity contribution in [3.05, 3.63) is 0 Å². The summed E-state index contributed by atoms with van der Waals surface area (Å²) in [7, 11) is 0. The first-order valence-corrected chi connectivity index (χ1v) is 7.08. The van der Waals surface area contributed by atoms with Gasteiger partial charge in [0.1, 0.15) is 6.54 Å². The summed E-state index contributed by atoms with van der Waals surface area (Å²) in [5.41, 5.74) is 0. The van der Waals surface area contributed by atoms with Crippen LogP contribution < -0.4 is 0 Å². The fourth-order valence-electron chi connectivity index (χ4n) is 2.83. The van der Waals surface area contributed by atoms with E-state index in [1.807, 2.05) is 0 Å². The Labute approximate surface area is 130 Å². The zero-order valence-corrected chi connectivity index (χ0v) is 12.4. The highest BCUT2D eigenvalue weighted by molar-refractivity contribution is 5.89. The maximum atomic E-state index is 12.4. The summed E-state index contributed by atoms with van der Waals surface area (Å²) in [6, 6.07) is 0. The molecule has 2 unspecified atom stereocenters. The standard InChI is InChI=1S/C13H17F3N2O5/c1-7-3-17(5-9(23-7)12(21)22)11(20)8-2-10(19)18(4-8)6-13(14,15)16/h7-9H,2-6H2,1H3,(H,21,22)/t7-,8?,9?/m1/s1. The third-order valence-electron chi connectivity index (χ3n) is 3.78. The van der Waals surface area contributed by atoms with Crippen molar-refractivity contribution in [2.45, 2.75) is 31.7 Å². The molecule has 23 heavy (non-hydrogen) atoms. The first kappa shape index (κ1) is 17.5. The van der Waals surface area contributed by atoms with Crippen LogP contribution in [0.5, 0.6) is 0 Å². The molecule has 10 heteroatoms. The lowest BCUT2D eigenvalue weighted by Crippen LogP contribution is -2.53. The lowest BCUT2D eigenvalue weighted by molar-refractivity contribution is -0.168. The molecule has 0 aliphatic carbocycles. The number of hydrogen-bond donors (Lipinski definition) is 1. The third kappa shape index (κ3) is 4.34. The molecular formula is C13H17F3N2O5. The topological polar surface area (TPSA) is 87.2 Å². The highest BCUT2D eigenvalue weighted by Gasteiger charge is 2.43. The van der Waals surface area contributed by atoms with Gasteiger partial charge in [0.05, 0.1) is 18.6 Å². The van der Waals surface area contributed by atoms with Gasteiger partial charge in [-0.2, -0.15) is 13.2 Å². The number of hydrogen-bond acceptors (Lipinski definition) is 4. The minimum atomic E-state index is -4.52. The molecule has 2 fully saturated rings. The van der Waals surface area contributed by atoms with Crippen molar-refractivity contribution in [2.24, 2.45) is 5.92 Å². The molecular weight excluding hydrogens is 321 g/mol. The molecule has 2 aliphatic heterocycles. The largest absolute Gasteiger partial charge is 0.479 e. The van der Waals surface area contributed by atoms with Crippen molar-refractivity contribution in [1.82, 2.24) is 9.80 Å². The molecule has 1 N–H and O–H groups in total. The van der Waals surface area contributed by atoms with Gasteiger partial charge < -0.3 is 19.6 Å². The summed E-state index contributed by atoms with van der Waals surface area (Å²) in [4.78, 5) is 36.9. The number of carbonyl (C=O) groups excluding carboxylic acids is 2. The van der Waals surface area contributed by atoms with Crippen molar-refractivity contribution in [2.75, 3.05) is 26.2 Å². The van der Waals surface area contributed by atoms with Gasteiger partial charge in [0.25, 0.3) is 0 Å². The molecule has 0 aromatic carbocycles. The molecule has 0 saturated carbocycles. The van der Waals surface area contributed by atoms with E-state index in [1.54, 1.807) is 6.92 Å². The normalized spacial score (nSPS) is 29.0. The average Bonchev–Trinajstić information content (AvgIpc) is 2.76. The van der Waals surface area contributed by atoms with E-state index in [0.717, 1.165) is 0 Å². The summed E-state index contributed by atoms with van der Waals surface area (Å²) in [5, 5.41) is 8.98. The molecule has 3 atom stereocenters. The van der Waals surface area contributed by atoms with E-state index in [-0.39, 0.29) is 26.1 Å². The predicted molar refractivity (Wildman–Crippen MR) is 69.3 cm³/mol. The van der Waals surface area contributed by atoms with Crippen LogP contribution in [-0.2, 0) is 19.1 Å². The maximum Gasteiger partial charge on any atom is 0.406 e. The van der Waals surface area contributed by atoms with Crippen LogP contribution in [0.4, 0.5) is 13.2 Å². The zero-order chi connectivity index (χ0) is 17.4. The van der Waals surface area contributed by atoms with Crippen LogP contribution in [-0.4, -0.2) is 77.3 Å². The summed E-state index contributed by atoms with van der Waals surface area (Å²) in [5.74, 6) is -3.33. The molecule has 2 aliphatic rings. The van der Waals surface area contributed by atoms with Gasteiger partial charge in [-0.25, -0.2) is 4.79 Å². The maximum absolute atomic E-state index is 12.4. The second-order valence-electron chi connectivity index (χ2n) is 5.81. The molecule has 2 rings (SSSR count). The van der Waals surface area contributed by atoms with E-state index >= 15 is 0 Å². The predicted octanol–water partition coefficient (Wildman–Crippen LogP) is 0.0977. The molecule has 0 radical (unpaired) electrons. The number of ether oxygens (including phenoxy) is 1. The lowest BCUT2D eigenvalue weighted by atomic mass is 10.1. The van der Waals surface area contributed by atoms with E-state index in [9.17, 15) is 27.6 Å². The van der Waals surface area contributed by atoms with Crippen molar-refractivity contribution in [1.29, 1.82) is 0 Å². The Morgan fingerprint density at radius 3 is 2.52 bits per heavy atom. The van der Waals surface area contributed by atoms with Gasteiger partial charge in [0.2, 0.25) is 11.8 Å². The van der Waals surface area contributed by atoms with Crippen LogP contribution in [0.25, 0.3) is 0 Å². The smallest absolute Gasteiger partial charge is 0.406 e. The third-order valence-corrected chi connectivity index (χ3v) is 3.78. The van der Waals surface area contributed by atoms with Crippen molar-refractivity contribution in [3.63, 3.8) is 0 Å². The van der Waals surface area contributed by atoms with Crippen LogP contribution in [0.2, 0.25) is 0 Å². The van der Waals surface area contributed by atoms with Crippen LogP contribution in [0.1, 0.15) is 13.3 Å². The molecule has 130 valence electrons. The Kier molecular flexibility index (Phi) is 4.83. The van der Waals surface area contributed by atoms with E-state index in [1.165, 1.54) is 4.90 Å². The molecule has 0 spiro atoms. The Bertz CT molecular complexity index is 510. The molecule has 2 amide bonds. The zero-order valence-electron chi connectivity index (χ0n) is 12.4. The second-order valence-corrected chi connectivity index (χ2v) is 5.81. The highest BCUT2D eigenvalue weighted by atomic mass is 19.4. The Morgan fingerprint density at radius 1 is 1.30 bits per heavy atom. The van der Waals surface area contributed by atoms with Gasteiger partial charge >= 0.3 is 12.1 Å². The molecule has 2 heterocycles. The summed E-state index contributed by atoms with van der Waals surface area (Å²) in [6.07, 6.45) is -6.49. The number of nitrogens with zero attached hydrogens (tertiary/aromatic N) is 2. The Morgan fingerprint density at radius 2 is 1.96 bits per heavy atom. The number of carbonyl (C=O) groups is 3. The van der Waals surface area contributed by atoms with E-state index < -0.39 is 48.6 Å². The van der Waals surface area contributed by atoms with Gasteiger partial charge in [-0.05, 0) is 6.92 Å². The molecule has 0 bridgehead atoms. The molecule has 0 aromatic rings. The van der Waals surface area contributed by atoms with Gasteiger partial charge in [-0.15, -0.1) is 0 Å². The van der Waals surface area contributed by atoms with Gasteiger partial charge in [-0.3, -0.25) is 9.59 Å². The number of carboxylic acids is 1. The number of likely N-dealkylation sites (tertiary alicyclic amines) is 1. The molecule has 0 aromatic heterocycles. The van der Waals surface area contributed by atoms with Crippen molar-refractivity contribution >= 4 is 17.8 Å². The number of rotatable bonds is 3. The minimum absolute atomic E-state index is 0.145. The minimum Gasteiger partial charge on any atom is -0.479 e. The number of alkyl halides is 3. The number of halogens is 3. The number of aliphatic carboxylic acids is 1. The van der Waals surface area contributed by atoms with Gasteiger partial charge in [-0.1, -0.05) is 0 Å². The number of carboxylic acid groups (broad SMARTS) is 1. The lowest BCUT2D eigenvalue weighted by Gasteiger charge is -2.36. The van der Waals surface area contributed by atoms with Crippen LogP contribution in [0, 0.1) is 5.92 Å². The average molecular weight is 338 g/mol. The molecule has 7 nitrogen and oxygen atoms in total. The summed E-state index contributed by atoms with van der Waals surface area (Å²) < 4.78 is 42.3. The van der Waals surface area contributed by atoms with E-state index in [0.29, 0.717) is 4.90 Å². The number of amides is 2. The number of morpholine rings is 1. The van der Waals surface area contributed by atoms with E-state index in [2.05, 4.69) is 0 Å². The summed E-state index contributed by atoms with van der Waals surface area (Å²) >= 11 is 0. The Hall–Kier alpha value is -1.84. The van der Waals surface area contributed by atoms with Crippen LogP contribution in [0.3, 0.4) is 0 Å². The summed E-state index contributed by atoms with van der Waals surface area (Å²) in [6.45, 7) is -0.117. The first-order chi connectivity index (χ1) is 10.6. The van der Waals surface area contributed by atoms with Gasteiger partial charge in [0.15, 0.2) is 6.10 Å². The van der Waals surface area contributed by atoms with Crippen molar-refractivity contribution in [3.8, 4) is 0 Å². The monoisotopic (exact) mass is 338 g/mol. The fourth-order valence-corrected chi connectivity index (χ4v) is 2.83. The van der Waals surface area contributed by atoms with Crippen molar-refractivity contribution < 1.29 is 37.4 Å². The van der Waals surface area contributed by atoms with E-state index in [4.69, 9.17) is 9.84 Å².